The molecule has 1 aromatic carbocycles. The maximum Gasteiger partial charge on any atom is 0.0394 e. The highest BCUT2D eigenvalue weighted by molar-refractivity contribution is 5.59. The third-order valence-corrected chi connectivity index (χ3v) is 4.19. The number of fused-ring (bicyclic) bond motifs is 1. The number of benzene rings is 1. The minimum absolute atomic E-state index is 0.615. The third kappa shape index (κ3) is 2.13. The van der Waals surface area contributed by atoms with Crippen LogP contribution in [0.1, 0.15) is 29.2 Å². The van der Waals surface area contributed by atoms with Crippen LogP contribution in [-0.2, 0) is 0 Å². The minimum atomic E-state index is 0.615. The molecule has 2 N–H and O–H groups in total. The molecule has 3 nitrogen and oxygen atoms in total. The second-order valence-corrected chi connectivity index (χ2v) is 5.56. The van der Waals surface area contributed by atoms with E-state index in [1.54, 1.807) is 0 Å². The van der Waals surface area contributed by atoms with Crippen LogP contribution in [-0.4, -0.2) is 37.6 Å². The summed E-state index contributed by atoms with van der Waals surface area (Å²) in [6.07, 6.45) is 1.23. The van der Waals surface area contributed by atoms with Crippen LogP contribution in [0.15, 0.2) is 12.1 Å². The third-order valence-electron chi connectivity index (χ3n) is 4.19. The van der Waals surface area contributed by atoms with Gasteiger partial charge in [0.05, 0.1) is 0 Å². The van der Waals surface area contributed by atoms with Crippen molar-refractivity contribution in [2.45, 2.75) is 26.3 Å². The molecule has 1 saturated heterocycles. The number of rotatable bonds is 1. The SMILES string of the molecule is Cc1cc(C)c2c(c1)NCCC2N1CCNCC1. The number of nitrogens with zero attached hydrogens (tertiary/aromatic N) is 1. The Labute approximate surface area is 110 Å². The Hall–Kier alpha value is -1.06. The van der Waals surface area contributed by atoms with Crippen molar-refractivity contribution < 1.29 is 0 Å². The number of hydrogen-bond donors (Lipinski definition) is 2. The molecule has 0 saturated carbocycles. The summed E-state index contributed by atoms with van der Waals surface area (Å²) in [5, 5.41) is 7.02. The number of piperazine rings is 1. The normalized spacial score (nSPS) is 24.4. The van der Waals surface area contributed by atoms with E-state index in [0.29, 0.717) is 6.04 Å². The van der Waals surface area contributed by atoms with Crippen LogP contribution in [0.2, 0.25) is 0 Å². The lowest BCUT2D eigenvalue weighted by Gasteiger charge is -2.39. The lowest BCUT2D eigenvalue weighted by Crippen LogP contribution is -2.46. The van der Waals surface area contributed by atoms with Gasteiger partial charge in [-0.15, -0.1) is 0 Å². The summed E-state index contributed by atoms with van der Waals surface area (Å²) in [7, 11) is 0. The summed E-state index contributed by atoms with van der Waals surface area (Å²) < 4.78 is 0. The van der Waals surface area contributed by atoms with Gasteiger partial charge in [0.15, 0.2) is 0 Å². The molecule has 2 aliphatic rings. The minimum Gasteiger partial charge on any atom is -0.385 e. The van der Waals surface area contributed by atoms with Crippen molar-refractivity contribution in [1.82, 2.24) is 10.2 Å². The molecule has 0 spiro atoms. The number of hydrogen-bond acceptors (Lipinski definition) is 3. The van der Waals surface area contributed by atoms with E-state index in [1.165, 1.54) is 41.9 Å². The van der Waals surface area contributed by atoms with Gasteiger partial charge >= 0.3 is 0 Å². The van der Waals surface area contributed by atoms with Gasteiger partial charge < -0.3 is 10.6 Å². The predicted octanol–water partition coefficient (Wildman–Crippen LogP) is 2.07. The van der Waals surface area contributed by atoms with Gasteiger partial charge in [0.2, 0.25) is 0 Å². The van der Waals surface area contributed by atoms with E-state index in [9.17, 15) is 0 Å². The standard InChI is InChI=1S/C15H23N3/c1-11-9-12(2)15-13(10-11)17-4-3-14(15)18-7-5-16-6-8-18/h9-10,14,16-17H,3-8H2,1-2H3. The fourth-order valence-electron chi connectivity index (χ4n) is 3.41. The average molecular weight is 245 g/mol. The summed E-state index contributed by atoms with van der Waals surface area (Å²) in [6, 6.07) is 5.24. The highest BCUT2D eigenvalue weighted by Crippen LogP contribution is 2.37. The summed E-state index contributed by atoms with van der Waals surface area (Å²) >= 11 is 0. The van der Waals surface area contributed by atoms with Crippen LogP contribution in [0.5, 0.6) is 0 Å². The van der Waals surface area contributed by atoms with Crippen molar-refractivity contribution in [1.29, 1.82) is 0 Å². The zero-order valence-corrected chi connectivity index (χ0v) is 11.4. The summed E-state index contributed by atoms with van der Waals surface area (Å²) in [5.74, 6) is 0. The molecule has 0 bridgehead atoms. The Bertz CT molecular complexity index is 436. The van der Waals surface area contributed by atoms with E-state index in [-0.39, 0.29) is 0 Å². The zero-order chi connectivity index (χ0) is 12.5. The van der Waals surface area contributed by atoms with E-state index >= 15 is 0 Å². The highest BCUT2D eigenvalue weighted by atomic mass is 15.2. The maximum atomic E-state index is 3.57. The molecule has 1 fully saturated rings. The number of aryl methyl sites for hydroxylation is 2. The van der Waals surface area contributed by atoms with Gasteiger partial charge in [-0.05, 0) is 43.0 Å². The smallest absolute Gasteiger partial charge is 0.0394 e. The fraction of sp³-hybridized carbons (Fsp3) is 0.600. The largest absolute Gasteiger partial charge is 0.385 e. The zero-order valence-electron chi connectivity index (χ0n) is 11.4. The Morgan fingerprint density at radius 3 is 2.67 bits per heavy atom. The Morgan fingerprint density at radius 1 is 1.11 bits per heavy atom. The van der Waals surface area contributed by atoms with Crippen LogP contribution in [0.4, 0.5) is 5.69 Å². The quantitative estimate of drug-likeness (QED) is 0.793. The second kappa shape index (κ2) is 4.90. The molecular weight excluding hydrogens is 222 g/mol. The van der Waals surface area contributed by atoms with Crippen LogP contribution < -0.4 is 10.6 Å². The first-order valence-corrected chi connectivity index (χ1v) is 7.05. The Balaban J connectivity index is 1.95. The van der Waals surface area contributed by atoms with Gasteiger partial charge in [-0.25, -0.2) is 0 Å². The first-order valence-electron chi connectivity index (χ1n) is 7.05. The summed E-state index contributed by atoms with van der Waals surface area (Å²) in [5.41, 5.74) is 5.71. The van der Waals surface area contributed by atoms with Crippen molar-refractivity contribution in [3.63, 3.8) is 0 Å². The molecule has 1 aromatic rings. The molecule has 2 heterocycles. The topological polar surface area (TPSA) is 27.3 Å². The number of nitrogens with one attached hydrogen (secondary N) is 2. The molecule has 98 valence electrons. The lowest BCUT2D eigenvalue weighted by atomic mass is 9.90. The second-order valence-electron chi connectivity index (χ2n) is 5.56. The van der Waals surface area contributed by atoms with Crippen molar-refractivity contribution in [2.75, 3.05) is 38.0 Å². The van der Waals surface area contributed by atoms with Gasteiger partial charge in [-0.3, -0.25) is 4.90 Å². The molecule has 0 radical (unpaired) electrons. The molecule has 18 heavy (non-hydrogen) atoms. The first kappa shape index (κ1) is 12.0. The predicted molar refractivity (Wildman–Crippen MR) is 76.2 cm³/mol. The van der Waals surface area contributed by atoms with E-state index in [1.807, 2.05) is 0 Å². The number of anilines is 1. The average Bonchev–Trinajstić information content (AvgIpc) is 2.38. The van der Waals surface area contributed by atoms with Crippen LogP contribution >= 0.6 is 0 Å². The van der Waals surface area contributed by atoms with Gasteiger partial charge in [0.1, 0.15) is 0 Å². The molecule has 3 rings (SSSR count). The van der Waals surface area contributed by atoms with Crippen LogP contribution in [0.25, 0.3) is 0 Å². The summed E-state index contributed by atoms with van der Waals surface area (Å²) in [4.78, 5) is 2.65. The van der Waals surface area contributed by atoms with E-state index in [0.717, 1.165) is 19.6 Å². The van der Waals surface area contributed by atoms with E-state index in [2.05, 4.69) is 41.5 Å². The van der Waals surface area contributed by atoms with Gasteiger partial charge in [-0.1, -0.05) is 6.07 Å². The van der Waals surface area contributed by atoms with Gasteiger partial charge in [-0.2, -0.15) is 0 Å². The fourth-order valence-corrected chi connectivity index (χ4v) is 3.41. The van der Waals surface area contributed by atoms with E-state index in [4.69, 9.17) is 0 Å². The van der Waals surface area contributed by atoms with Crippen molar-refractivity contribution in [2.24, 2.45) is 0 Å². The van der Waals surface area contributed by atoms with Crippen LogP contribution in [0, 0.1) is 13.8 Å². The van der Waals surface area contributed by atoms with Crippen molar-refractivity contribution >= 4 is 5.69 Å². The van der Waals surface area contributed by atoms with Crippen LogP contribution in [0.3, 0.4) is 0 Å². The molecule has 1 atom stereocenters. The molecule has 0 aliphatic carbocycles. The monoisotopic (exact) mass is 245 g/mol. The molecule has 3 heteroatoms. The molecule has 0 aromatic heterocycles. The van der Waals surface area contributed by atoms with E-state index < -0.39 is 0 Å². The summed E-state index contributed by atoms with van der Waals surface area (Å²) in [6.45, 7) is 10.2. The Morgan fingerprint density at radius 2 is 1.89 bits per heavy atom. The highest BCUT2D eigenvalue weighted by Gasteiger charge is 2.28. The first-order chi connectivity index (χ1) is 8.75. The Kier molecular flexibility index (Phi) is 3.27. The van der Waals surface area contributed by atoms with Gasteiger partial charge in [0.25, 0.3) is 0 Å². The van der Waals surface area contributed by atoms with Crippen molar-refractivity contribution in [3.05, 3.63) is 28.8 Å². The molecular formula is C15H23N3. The molecule has 1 unspecified atom stereocenters. The molecule has 0 amide bonds. The molecule has 2 aliphatic heterocycles. The lowest BCUT2D eigenvalue weighted by molar-refractivity contribution is 0.165. The maximum absolute atomic E-state index is 3.57. The van der Waals surface area contributed by atoms with Gasteiger partial charge in [0, 0.05) is 44.5 Å². The van der Waals surface area contributed by atoms with Crippen molar-refractivity contribution in [3.8, 4) is 0 Å².